The summed E-state index contributed by atoms with van der Waals surface area (Å²) < 4.78 is -0.00407. The number of hydrogen-bond acceptors (Lipinski definition) is 1. The van der Waals surface area contributed by atoms with Crippen molar-refractivity contribution in [2.75, 3.05) is 0 Å². The zero-order valence-electron chi connectivity index (χ0n) is 15.6. The van der Waals surface area contributed by atoms with Crippen LogP contribution in [0.2, 0.25) is 0 Å². The molecule has 0 unspecified atom stereocenters. The van der Waals surface area contributed by atoms with E-state index in [-0.39, 0.29) is 28.6 Å². The van der Waals surface area contributed by atoms with Gasteiger partial charge >= 0.3 is 61.4 Å². The molecule has 0 saturated carbocycles. The van der Waals surface area contributed by atoms with Crippen molar-refractivity contribution in [1.29, 1.82) is 0 Å². The molecule has 0 aliphatic rings. The summed E-state index contributed by atoms with van der Waals surface area (Å²) in [6.07, 6.45) is 0. The molecule has 139 valence electrons. The maximum Gasteiger partial charge on any atom is 0 e. The van der Waals surface area contributed by atoms with Gasteiger partial charge in [-0.25, -0.2) is 0 Å². The first kappa shape index (κ1) is 25.9. The SMILES string of the molecule is O=C([Se])c1ccccc1.[Sn].c1ccccc1.c1ccccc1.c1ccccc1. The van der Waals surface area contributed by atoms with E-state index < -0.39 is 0 Å². The van der Waals surface area contributed by atoms with Crippen molar-refractivity contribution in [2.45, 2.75) is 0 Å². The first-order valence-corrected chi connectivity index (χ1v) is 9.43. The van der Waals surface area contributed by atoms with Crippen LogP contribution < -0.4 is 0 Å². The minimum Gasteiger partial charge on any atom is -0.0623 e. The van der Waals surface area contributed by atoms with Crippen LogP contribution in [0.25, 0.3) is 0 Å². The summed E-state index contributed by atoms with van der Waals surface area (Å²) in [5, 5.41) is 0. The number of carbonyl (C=O) groups excluding carboxylic acids is 1. The van der Waals surface area contributed by atoms with Crippen LogP contribution in [0.1, 0.15) is 10.4 Å². The second-order valence-corrected chi connectivity index (χ2v) is 5.90. The first-order chi connectivity index (χ1) is 13.3. The fourth-order valence-corrected chi connectivity index (χ4v) is 2.01. The van der Waals surface area contributed by atoms with Crippen molar-refractivity contribution in [3.8, 4) is 0 Å². The first-order valence-electron chi connectivity index (χ1n) is 8.57. The smallest absolute Gasteiger partial charge is 0 e. The Labute approximate surface area is 193 Å². The van der Waals surface area contributed by atoms with Gasteiger partial charge in [0.25, 0.3) is 0 Å². The molecule has 0 aliphatic heterocycles. The molecule has 0 bridgehead atoms. The summed E-state index contributed by atoms with van der Waals surface area (Å²) in [4.78, 5) is 10.6. The van der Waals surface area contributed by atoms with Crippen LogP contribution in [-0.2, 0) is 0 Å². The third-order valence-corrected chi connectivity index (χ3v) is 3.50. The van der Waals surface area contributed by atoms with Crippen molar-refractivity contribution in [3.05, 3.63) is 145 Å². The number of rotatable bonds is 1. The van der Waals surface area contributed by atoms with Gasteiger partial charge in [-0.2, -0.15) is 0 Å². The summed E-state index contributed by atoms with van der Waals surface area (Å²) in [6, 6.07) is 45.1. The third kappa shape index (κ3) is 16.1. The Hall–Kier alpha value is -2.13. The minimum atomic E-state index is -0.00407. The molecule has 4 aromatic rings. The average molecular weight is 537 g/mol. The van der Waals surface area contributed by atoms with Crippen molar-refractivity contribution in [2.24, 2.45) is 0 Å². The Morgan fingerprint density at radius 1 is 0.429 bits per heavy atom. The third-order valence-electron chi connectivity index (χ3n) is 3.01. The number of benzene rings is 4. The maximum absolute atomic E-state index is 10.6. The van der Waals surface area contributed by atoms with E-state index in [0.29, 0.717) is 0 Å². The summed E-state index contributed by atoms with van der Waals surface area (Å²) in [5.74, 6) is 0. The van der Waals surface area contributed by atoms with Gasteiger partial charge in [-0.3, -0.25) is 0 Å². The summed E-state index contributed by atoms with van der Waals surface area (Å²) in [5.41, 5.74) is 0.720. The van der Waals surface area contributed by atoms with Crippen molar-refractivity contribution in [3.63, 3.8) is 0 Å². The molecule has 0 spiro atoms. The maximum atomic E-state index is 10.6. The van der Waals surface area contributed by atoms with Gasteiger partial charge in [0.1, 0.15) is 0 Å². The van der Waals surface area contributed by atoms with Gasteiger partial charge in [0.15, 0.2) is 0 Å². The molecule has 0 aliphatic carbocycles. The van der Waals surface area contributed by atoms with Crippen LogP contribution in [-0.4, -0.2) is 44.6 Å². The second-order valence-electron chi connectivity index (χ2n) is 5.12. The molecular weight excluding hydrogens is 514 g/mol. The fraction of sp³-hybridized carbons (Fsp3) is 0. The predicted octanol–water partition coefficient (Wildman–Crippen LogP) is 5.67. The van der Waals surface area contributed by atoms with E-state index in [1.54, 1.807) is 12.1 Å². The van der Waals surface area contributed by atoms with Crippen LogP contribution in [0.15, 0.2) is 140 Å². The van der Waals surface area contributed by atoms with Gasteiger partial charge in [-0.15, -0.1) is 0 Å². The standard InChI is InChI=1S/C7H5OSe.3C6H6.Sn/c8-7(9)6-4-2-1-3-5-6;3*1-2-4-6-5-3-1;/h1-5H;3*1-6H;. The Kier molecular flexibility index (Phi) is 18.1. The molecule has 4 rings (SSSR count). The quantitative estimate of drug-likeness (QED) is 0.286. The van der Waals surface area contributed by atoms with E-state index in [1.807, 2.05) is 127 Å². The van der Waals surface area contributed by atoms with Crippen LogP contribution in [0.3, 0.4) is 0 Å². The van der Waals surface area contributed by atoms with Gasteiger partial charge in [0.2, 0.25) is 0 Å². The van der Waals surface area contributed by atoms with E-state index in [1.165, 1.54) is 0 Å². The monoisotopic (exact) mass is 539 g/mol. The molecule has 0 fully saturated rings. The predicted molar refractivity (Wildman–Crippen MR) is 122 cm³/mol. The fourth-order valence-electron chi connectivity index (χ4n) is 1.73. The number of hydrogen-bond donors (Lipinski definition) is 0. The van der Waals surface area contributed by atoms with Crippen LogP contribution >= 0.6 is 0 Å². The van der Waals surface area contributed by atoms with Gasteiger partial charge < -0.3 is 0 Å². The minimum absolute atomic E-state index is 0. The van der Waals surface area contributed by atoms with Crippen LogP contribution in [0, 0.1) is 0 Å². The summed E-state index contributed by atoms with van der Waals surface area (Å²) >= 11 is 2.42. The van der Waals surface area contributed by atoms with E-state index >= 15 is 0 Å². The Bertz CT molecular complexity index is 640. The van der Waals surface area contributed by atoms with Crippen LogP contribution in [0.5, 0.6) is 0 Å². The van der Waals surface area contributed by atoms with Gasteiger partial charge in [-0.05, 0) is 0 Å². The van der Waals surface area contributed by atoms with Gasteiger partial charge in [-0.1, -0.05) is 109 Å². The topological polar surface area (TPSA) is 17.1 Å². The zero-order chi connectivity index (χ0) is 19.4. The second kappa shape index (κ2) is 19.6. The molecule has 0 aromatic heterocycles. The van der Waals surface area contributed by atoms with E-state index in [0.717, 1.165) is 5.56 Å². The van der Waals surface area contributed by atoms with Crippen molar-refractivity contribution < 1.29 is 4.79 Å². The number of carbonyl (C=O) groups is 1. The average Bonchev–Trinajstić information content (AvgIpc) is 2.79. The van der Waals surface area contributed by atoms with Crippen molar-refractivity contribution in [1.82, 2.24) is 0 Å². The molecule has 0 N–H and O–H groups in total. The van der Waals surface area contributed by atoms with E-state index in [2.05, 4.69) is 16.0 Å². The van der Waals surface area contributed by atoms with Crippen molar-refractivity contribution >= 4 is 44.6 Å². The Morgan fingerprint density at radius 3 is 0.750 bits per heavy atom. The van der Waals surface area contributed by atoms with E-state index in [4.69, 9.17) is 0 Å². The molecule has 5 radical (unpaired) electrons. The van der Waals surface area contributed by atoms with Gasteiger partial charge in [0, 0.05) is 23.9 Å². The molecular formula is C25H23OSeSn. The largest absolute Gasteiger partial charge is 0.0623 e. The van der Waals surface area contributed by atoms with Crippen LogP contribution in [0.4, 0.5) is 0 Å². The molecule has 1 nitrogen and oxygen atoms in total. The Balaban J connectivity index is 0.000000349. The summed E-state index contributed by atoms with van der Waals surface area (Å²) in [7, 11) is 0. The molecule has 4 aromatic carbocycles. The summed E-state index contributed by atoms with van der Waals surface area (Å²) in [6.45, 7) is 0. The molecule has 0 heterocycles. The van der Waals surface area contributed by atoms with Gasteiger partial charge in [0.05, 0.1) is 0 Å². The molecule has 0 atom stereocenters. The normalized spacial score (nSPS) is 8.00. The molecule has 0 amide bonds. The molecule has 0 saturated heterocycles. The van der Waals surface area contributed by atoms with E-state index in [9.17, 15) is 4.79 Å². The molecule has 28 heavy (non-hydrogen) atoms. The molecule has 3 heteroatoms. The Morgan fingerprint density at radius 2 is 0.607 bits per heavy atom. The zero-order valence-corrected chi connectivity index (χ0v) is 20.2.